The van der Waals surface area contributed by atoms with Gasteiger partial charge in [-0.3, -0.25) is 0 Å². The SMILES string of the molecule is Cc1cc(F)c(C(=O)O)s1. The number of carbonyl (C=O) groups is 1. The fourth-order valence-electron chi connectivity index (χ4n) is 0.629. The van der Waals surface area contributed by atoms with Gasteiger partial charge in [0.2, 0.25) is 0 Å². The largest absolute Gasteiger partial charge is 0.477 e. The Bertz CT molecular complexity index is 267. The lowest BCUT2D eigenvalue weighted by Gasteiger charge is -1.83. The summed E-state index contributed by atoms with van der Waals surface area (Å²) < 4.78 is 12.5. The van der Waals surface area contributed by atoms with Crippen LogP contribution in [0.1, 0.15) is 14.5 Å². The smallest absolute Gasteiger partial charge is 0.348 e. The molecule has 0 amide bonds. The van der Waals surface area contributed by atoms with Crippen LogP contribution in [0.3, 0.4) is 0 Å². The molecule has 0 spiro atoms. The third-order valence-corrected chi connectivity index (χ3v) is 2.02. The number of hydrogen-bond donors (Lipinski definition) is 1. The fourth-order valence-corrected chi connectivity index (χ4v) is 1.36. The maximum atomic E-state index is 12.5. The van der Waals surface area contributed by atoms with Gasteiger partial charge >= 0.3 is 5.97 Å². The van der Waals surface area contributed by atoms with Crippen LogP contribution in [0.15, 0.2) is 6.07 Å². The predicted octanol–water partition coefficient (Wildman–Crippen LogP) is 1.89. The van der Waals surface area contributed by atoms with Crippen LogP contribution in [0.25, 0.3) is 0 Å². The van der Waals surface area contributed by atoms with E-state index in [9.17, 15) is 9.18 Å². The van der Waals surface area contributed by atoms with Crippen molar-refractivity contribution in [3.8, 4) is 0 Å². The van der Waals surface area contributed by atoms with E-state index in [-0.39, 0.29) is 4.88 Å². The van der Waals surface area contributed by atoms with Gasteiger partial charge in [-0.05, 0) is 13.0 Å². The first-order valence-corrected chi connectivity index (χ1v) is 3.42. The van der Waals surface area contributed by atoms with Crippen molar-refractivity contribution in [2.24, 2.45) is 0 Å². The third-order valence-electron chi connectivity index (χ3n) is 1.00. The second-order valence-corrected chi connectivity index (χ2v) is 3.10. The topological polar surface area (TPSA) is 37.3 Å². The van der Waals surface area contributed by atoms with Crippen molar-refractivity contribution in [3.63, 3.8) is 0 Å². The minimum Gasteiger partial charge on any atom is -0.477 e. The Hall–Kier alpha value is -0.900. The lowest BCUT2D eigenvalue weighted by Crippen LogP contribution is -1.93. The van der Waals surface area contributed by atoms with Crippen LogP contribution in [0, 0.1) is 12.7 Å². The van der Waals surface area contributed by atoms with Gasteiger partial charge in [0.15, 0.2) is 0 Å². The summed E-state index contributed by atoms with van der Waals surface area (Å²) >= 11 is 0.948. The van der Waals surface area contributed by atoms with Crippen molar-refractivity contribution in [1.82, 2.24) is 0 Å². The van der Waals surface area contributed by atoms with Gasteiger partial charge in [0.05, 0.1) is 0 Å². The Labute approximate surface area is 60.9 Å². The molecule has 1 N–H and O–H groups in total. The summed E-state index contributed by atoms with van der Waals surface area (Å²) in [4.78, 5) is 10.7. The molecule has 4 heteroatoms. The zero-order valence-electron chi connectivity index (χ0n) is 5.22. The maximum Gasteiger partial charge on any atom is 0.348 e. The van der Waals surface area contributed by atoms with E-state index in [1.165, 1.54) is 6.07 Å². The molecule has 0 aliphatic carbocycles. The molecule has 1 aromatic heterocycles. The lowest BCUT2D eigenvalue weighted by molar-refractivity contribution is 0.0698. The average Bonchev–Trinajstić information content (AvgIpc) is 2.10. The van der Waals surface area contributed by atoms with E-state index in [0.29, 0.717) is 4.88 Å². The van der Waals surface area contributed by atoms with E-state index in [1.807, 2.05) is 0 Å². The fraction of sp³-hybridized carbons (Fsp3) is 0.167. The van der Waals surface area contributed by atoms with Crippen molar-refractivity contribution >= 4 is 17.3 Å². The number of aromatic carboxylic acids is 1. The van der Waals surface area contributed by atoms with E-state index in [1.54, 1.807) is 6.92 Å². The van der Waals surface area contributed by atoms with E-state index in [0.717, 1.165) is 11.3 Å². The first kappa shape index (κ1) is 7.21. The number of hydrogen-bond acceptors (Lipinski definition) is 2. The van der Waals surface area contributed by atoms with Gasteiger partial charge in [-0.1, -0.05) is 0 Å². The van der Waals surface area contributed by atoms with Gasteiger partial charge in [0.1, 0.15) is 10.7 Å². The number of carboxylic acid groups (broad SMARTS) is 1. The van der Waals surface area contributed by atoms with Crippen molar-refractivity contribution in [2.45, 2.75) is 6.92 Å². The summed E-state index contributed by atoms with van der Waals surface area (Å²) in [5.41, 5.74) is 0. The quantitative estimate of drug-likeness (QED) is 0.681. The minimum absolute atomic E-state index is 0.211. The summed E-state index contributed by atoms with van der Waals surface area (Å²) in [7, 11) is 0. The molecule has 0 radical (unpaired) electrons. The molecule has 0 unspecified atom stereocenters. The summed E-state index contributed by atoms with van der Waals surface area (Å²) in [5, 5.41) is 8.35. The van der Waals surface area contributed by atoms with Gasteiger partial charge < -0.3 is 5.11 Å². The Kier molecular flexibility index (Phi) is 1.72. The molecule has 0 aliphatic rings. The highest BCUT2D eigenvalue weighted by atomic mass is 32.1. The van der Waals surface area contributed by atoms with Crippen molar-refractivity contribution in [2.75, 3.05) is 0 Å². The molecular weight excluding hydrogens is 155 g/mol. The summed E-state index contributed by atoms with van der Waals surface area (Å²) in [5.74, 6) is -1.84. The molecule has 0 bridgehead atoms. The van der Waals surface area contributed by atoms with Crippen LogP contribution in [0.5, 0.6) is 0 Å². The predicted molar refractivity (Wildman–Crippen MR) is 36.0 cm³/mol. The second-order valence-electron chi connectivity index (χ2n) is 1.84. The van der Waals surface area contributed by atoms with E-state index < -0.39 is 11.8 Å². The van der Waals surface area contributed by atoms with Crippen LogP contribution >= 0.6 is 11.3 Å². The Morgan fingerprint density at radius 1 is 1.80 bits per heavy atom. The van der Waals surface area contributed by atoms with Gasteiger partial charge in [0, 0.05) is 4.88 Å². The highest BCUT2D eigenvalue weighted by Gasteiger charge is 2.12. The van der Waals surface area contributed by atoms with Gasteiger partial charge in [0.25, 0.3) is 0 Å². The molecule has 0 atom stereocenters. The Balaban J connectivity index is 3.15. The van der Waals surface area contributed by atoms with E-state index >= 15 is 0 Å². The molecule has 54 valence electrons. The highest BCUT2D eigenvalue weighted by Crippen LogP contribution is 2.19. The standard InChI is InChI=1S/C6H5FO2S/c1-3-2-4(7)5(10-3)6(8)9/h2H,1H3,(H,8,9). The van der Waals surface area contributed by atoms with Crippen LogP contribution in [0.4, 0.5) is 4.39 Å². The van der Waals surface area contributed by atoms with E-state index in [2.05, 4.69) is 0 Å². The van der Waals surface area contributed by atoms with Crippen molar-refractivity contribution < 1.29 is 14.3 Å². The minimum atomic E-state index is -1.20. The van der Waals surface area contributed by atoms with Crippen LogP contribution in [-0.4, -0.2) is 11.1 Å². The van der Waals surface area contributed by atoms with Gasteiger partial charge in [-0.2, -0.15) is 0 Å². The molecule has 1 aromatic rings. The Morgan fingerprint density at radius 2 is 2.40 bits per heavy atom. The summed E-state index contributed by atoms with van der Waals surface area (Å²) in [6.45, 7) is 1.67. The van der Waals surface area contributed by atoms with Gasteiger partial charge in [-0.25, -0.2) is 9.18 Å². The third kappa shape index (κ3) is 1.16. The number of thiophene rings is 1. The zero-order valence-corrected chi connectivity index (χ0v) is 6.04. The van der Waals surface area contributed by atoms with Crippen LogP contribution in [0.2, 0.25) is 0 Å². The molecule has 0 saturated heterocycles. The second kappa shape index (κ2) is 2.38. The van der Waals surface area contributed by atoms with Crippen molar-refractivity contribution in [3.05, 3.63) is 21.6 Å². The number of halogens is 1. The molecule has 0 saturated carbocycles. The molecule has 0 fully saturated rings. The number of aryl methyl sites for hydroxylation is 1. The molecule has 1 rings (SSSR count). The van der Waals surface area contributed by atoms with Gasteiger partial charge in [-0.15, -0.1) is 11.3 Å². The molecule has 2 nitrogen and oxygen atoms in total. The summed E-state index contributed by atoms with van der Waals surface area (Å²) in [6.07, 6.45) is 0. The molecule has 1 heterocycles. The highest BCUT2D eigenvalue weighted by molar-refractivity contribution is 7.13. The first-order valence-electron chi connectivity index (χ1n) is 2.60. The average molecular weight is 160 g/mol. The normalized spacial score (nSPS) is 9.80. The maximum absolute atomic E-state index is 12.5. The van der Waals surface area contributed by atoms with Crippen molar-refractivity contribution in [1.29, 1.82) is 0 Å². The number of carboxylic acids is 1. The first-order chi connectivity index (χ1) is 4.61. The lowest BCUT2D eigenvalue weighted by atomic mass is 10.4. The van der Waals surface area contributed by atoms with Crippen LogP contribution in [-0.2, 0) is 0 Å². The molecule has 10 heavy (non-hydrogen) atoms. The summed E-state index contributed by atoms with van der Waals surface area (Å²) in [6, 6.07) is 1.22. The molecule has 0 aliphatic heterocycles. The molecular formula is C6H5FO2S. The van der Waals surface area contributed by atoms with E-state index in [4.69, 9.17) is 5.11 Å². The van der Waals surface area contributed by atoms with Crippen LogP contribution < -0.4 is 0 Å². The Morgan fingerprint density at radius 3 is 2.60 bits per heavy atom. The zero-order chi connectivity index (χ0) is 7.72. The molecule has 0 aromatic carbocycles. The number of rotatable bonds is 1. The monoisotopic (exact) mass is 160 g/mol.